The first-order valence-electron chi connectivity index (χ1n) is 13.5. The summed E-state index contributed by atoms with van der Waals surface area (Å²) in [6.45, 7) is 5.99. The second-order valence-corrected chi connectivity index (χ2v) is 12.6. The van der Waals surface area contributed by atoms with Crippen LogP contribution in [0.5, 0.6) is 0 Å². The van der Waals surface area contributed by atoms with Gasteiger partial charge in [-0.05, 0) is 62.1 Å². The monoisotopic (exact) mass is 549 g/mol. The van der Waals surface area contributed by atoms with Gasteiger partial charge in [0.05, 0.1) is 6.04 Å². The van der Waals surface area contributed by atoms with Gasteiger partial charge in [0.1, 0.15) is 23.1 Å². The van der Waals surface area contributed by atoms with Gasteiger partial charge in [-0.3, -0.25) is 4.90 Å². The molecule has 1 amide bonds. The van der Waals surface area contributed by atoms with Crippen LogP contribution in [0.25, 0.3) is 44.2 Å². The third-order valence-corrected chi connectivity index (χ3v) is 8.40. The van der Waals surface area contributed by atoms with E-state index in [9.17, 15) is 9.59 Å². The van der Waals surface area contributed by atoms with E-state index in [4.69, 9.17) is 9.15 Å². The molecular weight excluding hydrogens is 518 g/mol. The first-order valence-corrected chi connectivity index (χ1v) is 14.4. The molecule has 1 saturated heterocycles. The number of thioether (sulfide) groups is 1. The van der Waals surface area contributed by atoms with Gasteiger partial charge in [-0.25, -0.2) is 4.79 Å². The maximum atomic E-state index is 12.6. The van der Waals surface area contributed by atoms with E-state index in [-0.39, 0.29) is 5.25 Å². The van der Waals surface area contributed by atoms with Crippen molar-refractivity contribution in [3.05, 3.63) is 91.0 Å². The normalized spacial score (nSPS) is 17.4. The number of hydrogen-bond donors (Lipinski definition) is 0. The molecule has 4 aromatic carbocycles. The van der Waals surface area contributed by atoms with Crippen molar-refractivity contribution >= 4 is 46.1 Å². The Labute approximate surface area is 238 Å². The highest BCUT2D eigenvalue weighted by Crippen LogP contribution is 2.37. The number of likely N-dealkylation sites (tertiary alicyclic amines) is 1. The Hall–Kier alpha value is -4.03. The van der Waals surface area contributed by atoms with E-state index in [1.54, 1.807) is 16.7 Å². The lowest BCUT2D eigenvalue weighted by Crippen LogP contribution is -2.40. The molecule has 0 radical (unpaired) electrons. The number of hydrogen-bond acceptors (Lipinski definition) is 5. The second kappa shape index (κ2) is 10.5. The average molecular weight is 550 g/mol. The van der Waals surface area contributed by atoms with Crippen molar-refractivity contribution in [3.63, 3.8) is 0 Å². The van der Waals surface area contributed by atoms with Crippen LogP contribution < -0.4 is 0 Å². The summed E-state index contributed by atoms with van der Waals surface area (Å²) >= 11 is 1.70. The molecule has 0 bridgehead atoms. The number of ether oxygens (including phenoxy) is 1. The molecule has 40 heavy (non-hydrogen) atoms. The fourth-order valence-corrected chi connectivity index (χ4v) is 6.51. The number of amides is 1. The van der Waals surface area contributed by atoms with Crippen molar-refractivity contribution in [2.75, 3.05) is 6.54 Å². The molecule has 0 spiro atoms. The highest BCUT2D eigenvalue weighted by molar-refractivity contribution is 8.00. The van der Waals surface area contributed by atoms with Crippen LogP contribution in [0.3, 0.4) is 0 Å². The Balaban J connectivity index is 1.16. The molecule has 2 atom stereocenters. The number of para-hydroxylation sites is 2. The van der Waals surface area contributed by atoms with Crippen LogP contribution in [0, 0.1) is 0 Å². The zero-order chi connectivity index (χ0) is 27.9. The number of rotatable bonds is 5. The lowest BCUT2D eigenvalue weighted by Gasteiger charge is -2.26. The first-order chi connectivity index (χ1) is 19.3. The minimum absolute atomic E-state index is 0.133. The third kappa shape index (κ3) is 5.24. The number of carbonyl (C=O) groups is 2. The Morgan fingerprint density at radius 3 is 2.23 bits per heavy atom. The first kappa shape index (κ1) is 26.2. The number of benzene rings is 4. The smallest absolute Gasteiger partial charge is 0.410 e. The summed E-state index contributed by atoms with van der Waals surface area (Å²) in [5.74, 6) is 0. The summed E-state index contributed by atoms with van der Waals surface area (Å²) in [4.78, 5) is 26.9. The molecule has 1 aliphatic rings. The van der Waals surface area contributed by atoms with E-state index in [0.717, 1.165) is 55.4 Å². The Morgan fingerprint density at radius 2 is 1.52 bits per heavy atom. The zero-order valence-electron chi connectivity index (χ0n) is 22.8. The largest absolute Gasteiger partial charge is 0.455 e. The van der Waals surface area contributed by atoms with E-state index in [1.165, 1.54) is 0 Å². The molecule has 202 valence electrons. The van der Waals surface area contributed by atoms with Crippen LogP contribution in [0.4, 0.5) is 4.79 Å². The van der Waals surface area contributed by atoms with Crippen molar-refractivity contribution in [2.45, 2.75) is 49.0 Å². The number of aldehydes is 1. The number of fused-ring (bicyclic) bond motifs is 3. The number of nitrogens with zero attached hydrogens (tertiary/aromatic N) is 1. The van der Waals surface area contributed by atoms with Gasteiger partial charge in [0.15, 0.2) is 0 Å². The van der Waals surface area contributed by atoms with E-state index in [0.29, 0.717) is 13.0 Å². The van der Waals surface area contributed by atoms with Crippen LogP contribution in [0.1, 0.15) is 27.2 Å². The molecule has 6 heteroatoms. The van der Waals surface area contributed by atoms with E-state index in [1.807, 2.05) is 39.0 Å². The third-order valence-electron chi connectivity index (χ3n) is 7.18. The van der Waals surface area contributed by atoms with Crippen molar-refractivity contribution in [3.8, 4) is 22.3 Å². The van der Waals surface area contributed by atoms with Crippen molar-refractivity contribution in [2.24, 2.45) is 0 Å². The van der Waals surface area contributed by atoms with Gasteiger partial charge in [-0.15, -0.1) is 11.8 Å². The molecule has 1 aromatic heterocycles. The molecule has 6 rings (SSSR count). The average Bonchev–Trinajstić information content (AvgIpc) is 3.54. The summed E-state index contributed by atoms with van der Waals surface area (Å²) in [7, 11) is 0. The topological polar surface area (TPSA) is 59.8 Å². The summed E-state index contributed by atoms with van der Waals surface area (Å²) in [5.41, 5.74) is 5.67. The van der Waals surface area contributed by atoms with Gasteiger partial charge in [-0.2, -0.15) is 0 Å². The fourth-order valence-electron chi connectivity index (χ4n) is 5.31. The fraction of sp³-hybridized carbons (Fsp3) is 0.235. The predicted molar refractivity (Wildman–Crippen MR) is 162 cm³/mol. The molecule has 2 unspecified atom stereocenters. The highest BCUT2D eigenvalue weighted by Gasteiger charge is 2.37. The van der Waals surface area contributed by atoms with Crippen LogP contribution in [-0.2, 0) is 9.53 Å². The maximum Gasteiger partial charge on any atom is 0.410 e. The minimum atomic E-state index is -0.593. The standard InChI is InChI=1S/C34H31NO4S/c1-34(2,3)39-33(37)35-20-27(19-25(35)21-36)40-26-17-15-23(16-18-26)22-11-13-24(14-12-22)28-8-6-9-30-29-7-4-5-10-31(29)38-32(28)30/h4-18,21,25,27H,19-20H2,1-3H3. The van der Waals surface area contributed by atoms with Crippen molar-refractivity contribution < 1.29 is 18.7 Å². The molecular formula is C34H31NO4S. The minimum Gasteiger partial charge on any atom is -0.455 e. The van der Waals surface area contributed by atoms with Crippen LogP contribution in [0.2, 0.25) is 0 Å². The molecule has 0 N–H and O–H groups in total. The van der Waals surface area contributed by atoms with Gasteiger partial charge >= 0.3 is 6.09 Å². The number of furan rings is 1. The van der Waals surface area contributed by atoms with Gasteiger partial charge in [-0.1, -0.05) is 72.8 Å². The maximum absolute atomic E-state index is 12.6. The van der Waals surface area contributed by atoms with Crippen LogP contribution in [-0.4, -0.2) is 40.7 Å². The van der Waals surface area contributed by atoms with E-state index in [2.05, 4.69) is 72.8 Å². The molecule has 5 nitrogen and oxygen atoms in total. The quantitative estimate of drug-likeness (QED) is 0.206. The van der Waals surface area contributed by atoms with Gasteiger partial charge in [0.25, 0.3) is 0 Å². The van der Waals surface area contributed by atoms with Gasteiger partial charge < -0.3 is 13.9 Å². The Kier molecular flexibility index (Phi) is 6.88. The SMILES string of the molecule is CC(C)(C)OC(=O)N1CC(Sc2ccc(-c3ccc(-c4cccc5c4oc4ccccc45)cc3)cc2)CC1C=O. The predicted octanol–water partition coefficient (Wildman–Crippen LogP) is 8.59. The lowest BCUT2D eigenvalue weighted by molar-refractivity contribution is -0.111. The Morgan fingerprint density at radius 1 is 0.875 bits per heavy atom. The van der Waals surface area contributed by atoms with Crippen LogP contribution in [0.15, 0.2) is 100 Å². The van der Waals surface area contributed by atoms with Crippen LogP contribution >= 0.6 is 11.8 Å². The second-order valence-electron chi connectivity index (χ2n) is 11.2. The summed E-state index contributed by atoms with van der Waals surface area (Å²) in [6.07, 6.45) is 1.05. The Bertz CT molecular complexity index is 1680. The molecule has 1 fully saturated rings. The lowest BCUT2D eigenvalue weighted by atomic mass is 9.99. The molecule has 2 heterocycles. The summed E-state index contributed by atoms with van der Waals surface area (Å²) < 4.78 is 11.7. The zero-order valence-corrected chi connectivity index (χ0v) is 23.6. The van der Waals surface area contributed by atoms with E-state index >= 15 is 0 Å². The molecule has 0 aliphatic carbocycles. The number of carbonyl (C=O) groups excluding carboxylic acids is 2. The molecule has 0 saturated carbocycles. The highest BCUT2D eigenvalue weighted by atomic mass is 32.2. The summed E-state index contributed by atoms with van der Waals surface area (Å²) in [5, 5.41) is 2.39. The van der Waals surface area contributed by atoms with Crippen molar-refractivity contribution in [1.82, 2.24) is 4.90 Å². The van der Waals surface area contributed by atoms with Gasteiger partial charge in [0.2, 0.25) is 0 Å². The van der Waals surface area contributed by atoms with Crippen molar-refractivity contribution in [1.29, 1.82) is 0 Å². The van der Waals surface area contributed by atoms with Gasteiger partial charge in [0, 0.05) is 33.0 Å². The molecule has 5 aromatic rings. The molecule has 1 aliphatic heterocycles. The summed E-state index contributed by atoms with van der Waals surface area (Å²) in [6, 6.07) is 31.0. The van der Waals surface area contributed by atoms with E-state index < -0.39 is 17.7 Å².